The van der Waals surface area contributed by atoms with Crippen LogP contribution in [0.1, 0.15) is 26.7 Å². The Morgan fingerprint density at radius 3 is 2.71 bits per heavy atom. The van der Waals surface area contributed by atoms with Gasteiger partial charge >= 0.3 is 0 Å². The number of nitrogens with zero attached hydrogens (tertiary/aromatic N) is 1. The van der Waals surface area contributed by atoms with Crippen molar-refractivity contribution < 1.29 is 18.5 Å². The maximum Gasteiger partial charge on any atom is 0.286 e. The van der Waals surface area contributed by atoms with Crippen molar-refractivity contribution in [2.24, 2.45) is 5.73 Å². The molecular weight excluding hydrogens is 274 g/mol. The molecule has 0 saturated heterocycles. The molecule has 0 bridgehead atoms. The van der Waals surface area contributed by atoms with Gasteiger partial charge in [0.25, 0.3) is 11.8 Å². The third-order valence-corrected chi connectivity index (χ3v) is 3.05. The van der Waals surface area contributed by atoms with Gasteiger partial charge in [0.15, 0.2) is 0 Å². The average molecular weight is 285 g/mol. The first kappa shape index (κ1) is 12.9. The van der Waals surface area contributed by atoms with E-state index in [-0.39, 0.29) is 17.0 Å². The molecular formula is C14H11N3O4. The summed E-state index contributed by atoms with van der Waals surface area (Å²) in [5.41, 5.74) is 6.26. The maximum atomic E-state index is 12.2. The van der Waals surface area contributed by atoms with E-state index >= 15 is 0 Å². The molecule has 0 saturated carbocycles. The van der Waals surface area contributed by atoms with Crippen LogP contribution in [0.3, 0.4) is 0 Å². The number of rotatable bonds is 3. The number of para-hydroxylation sites is 1. The largest absolute Gasteiger partial charge is 0.449 e. The van der Waals surface area contributed by atoms with Gasteiger partial charge in [-0.1, -0.05) is 17.3 Å². The van der Waals surface area contributed by atoms with Gasteiger partial charge < -0.3 is 20.0 Å². The number of nitrogens with two attached hydrogens (primary N) is 1. The highest BCUT2D eigenvalue weighted by atomic mass is 16.5. The molecule has 106 valence electrons. The van der Waals surface area contributed by atoms with Gasteiger partial charge in [-0.25, -0.2) is 0 Å². The Hall–Kier alpha value is -3.09. The number of carbonyl (C=O) groups excluding carboxylic acids is 2. The van der Waals surface area contributed by atoms with E-state index in [1.165, 1.54) is 6.20 Å². The third kappa shape index (κ3) is 2.14. The molecule has 7 heteroatoms. The molecule has 0 unspecified atom stereocenters. The Morgan fingerprint density at radius 1 is 1.29 bits per heavy atom. The van der Waals surface area contributed by atoms with Crippen molar-refractivity contribution in [2.75, 3.05) is 5.32 Å². The van der Waals surface area contributed by atoms with E-state index < -0.39 is 11.8 Å². The van der Waals surface area contributed by atoms with Crippen molar-refractivity contribution in [1.82, 2.24) is 5.16 Å². The topological polar surface area (TPSA) is 111 Å². The van der Waals surface area contributed by atoms with Gasteiger partial charge in [-0.05, 0) is 19.1 Å². The Kier molecular flexibility index (Phi) is 2.94. The fraction of sp³-hybridized carbons (Fsp3) is 0.0714. The van der Waals surface area contributed by atoms with E-state index in [9.17, 15) is 9.59 Å². The van der Waals surface area contributed by atoms with Crippen LogP contribution < -0.4 is 11.1 Å². The second kappa shape index (κ2) is 4.78. The van der Waals surface area contributed by atoms with Crippen LogP contribution in [-0.4, -0.2) is 17.0 Å². The molecule has 21 heavy (non-hydrogen) atoms. The zero-order chi connectivity index (χ0) is 15.0. The van der Waals surface area contributed by atoms with Crippen LogP contribution in [0.5, 0.6) is 0 Å². The number of hydrogen-bond acceptors (Lipinski definition) is 5. The summed E-state index contributed by atoms with van der Waals surface area (Å²) in [5, 5.41) is 6.76. The summed E-state index contributed by atoms with van der Waals surface area (Å²) in [7, 11) is 0. The van der Waals surface area contributed by atoms with Crippen molar-refractivity contribution in [3.05, 3.63) is 47.5 Å². The van der Waals surface area contributed by atoms with E-state index in [1.807, 2.05) is 0 Å². The maximum absolute atomic E-state index is 12.2. The van der Waals surface area contributed by atoms with Crippen LogP contribution >= 0.6 is 0 Å². The molecule has 3 N–H and O–H groups in total. The summed E-state index contributed by atoms with van der Waals surface area (Å²) in [5.74, 6) is -0.939. The number of aryl methyl sites for hydroxylation is 1. The third-order valence-electron chi connectivity index (χ3n) is 3.05. The lowest BCUT2D eigenvalue weighted by Crippen LogP contribution is -2.17. The summed E-state index contributed by atoms with van der Waals surface area (Å²) in [6.45, 7) is 1.62. The smallest absolute Gasteiger partial charge is 0.286 e. The predicted octanol–water partition coefficient (Wildman–Crippen LogP) is 2.08. The highest BCUT2D eigenvalue weighted by molar-refractivity contribution is 6.14. The van der Waals surface area contributed by atoms with Crippen molar-refractivity contribution >= 4 is 28.5 Å². The lowest BCUT2D eigenvalue weighted by atomic mass is 10.2. The number of aromatic nitrogens is 1. The van der Waals surface area contributed by atoms with Crippen LogP contribution in [-0.2, 0) is 0 Å². The number of primary amides is 1. The molecule has 0 fully saturated rings. The SMILES string of the molecule is Cc1oncc1C(=O)Nc1c(C(N)=O)oc2ccccc12. The number of fused-ring (bicyclic) bond motifs is 1. The molecule has 1 aromatic carbocycles. The van der Waals surface area contributed by atoms with Gasteiger partial charge in [0.2, 0.25) is 5.76 Å². The number of hydrogen-bond donors (Lipinski definition) is 2. The Labute approximate surface area is 118 Å². The summed E-state index contributed by atoms with van der Waals surface area (Å²) < 4.78 is 10.2. The standard InChI is InChI=1S/C14H11N3O4/c1-7-9(6-16-21-7)14(19)17-11-8-4-2-3-5-10(8)20-12(11)13(15)18/h2-6H,1H3,(H2,15,18)(H,17,19). The van der Waals surface area contributed by atoms with E-state index in [2.05, 4.69) is 10.5 Å². The van der Waals surface area contributed by atoms with Gasteiger partial charge in [-0.2, -0.15) is 0 Å². The quantitative estimate of drug-likeness (QED) is 0.765. The summed E-state index contributed by atoms with van der Waals surface area (Å²) in [4.78, 5) is 23.7. The molecule has 0 atom stereocenters. The molecule has 0 aliphatic heterocycles. The van der Waals surface area contributed by atoms with E-state index in [0.717, 1.165) is 0 Å². The van der Waals surface area contributed by atoms with Crippen LogP contribution in [0.25, 0.3) is 11.0 Å². The van der Waals surface area contributed by atoms with Gasteiger partial charge in [0.05, 0.1) is 6.20 Å². The molecule has 2 heterocycles. The normalized spacial score (nSPS) is 10.7. The lowest BCUT2D eigenvalue weighted by Gasteiger charge is -2.03. The number of amides is 2. The van der Waals surface area contributed by atoms with Gasteiger partial charge in [-0.15, -0.1) is 0 Å². The molecule has 3 rings (SSSR count). The zero-order valence-electron chi connectivity index (χ0n) is 11.0. The number of benzene rings is 1. The van der Waals surface area contributed by atoms with Gasteiger partial charge in [-0.3, -0.25) is 9.59 Å². The summed E-state index contributed by atoms with van der Waals surface area (Å²) in [6.07, 6.45) is 1.30. The zero-order valence-corrected chi connectivity index (χ0v) is 11.0. The first-order valence-corrected chi connectivity index (χ1v) is 6.12. The lowest BCUT2D eigenvalue weighted by molar-refractivity contribution is 0.0977. The number of anilines is 1. The number of furan rings is 1. The highest BCUT2D eigenvalue weighted by Gasteiger charge is 2.22. The molecule has 7 nitrogen and oxygen atoms in total. The highest BCUT2D eigenvalue weighted by Crippen LogP contribution is 2.31. The first-order valence-electron chi connectivity index (χ1n) is 6.12. The van der Waals surface area contributed by atoms with Crippen molar-refractivity contribution in [3.8, 4) is 0 Å². The second-order valence-corrected chi connectivity index (χ2v) is 4.42. The fourth-order valence-electron chi connectivity index (χ4n) is 2.04. The predicted molar refractivity (Wildman–Crippen MR) is 73.9 cm³/mol. The van der Waals surface area contributed by atoms with E-state index in [0.29, 0.717) is 16.7 Å². The van der Waals surface area contributed by atoms with Crippen molar-refractivity contribution in [2.45, 2.75) is 6.92 Å². The molecule has 2 aromatic heterocycles. The Balaban J connectivity index is 2.07. The van der Waals surface area contributed by atoms with Crippen LogP contribution in [0.4, 0.5) is 5.69 Å². The van der Waals surface area contributed by atoms with Crippen molar-refractivity contribution in [1.29, 1.82) is 0 Å². The fourth-order valence-corrected chi connectivity index (χ4v) is 2.04. The minimum absolute atomic E-state index is 0.0985. The number of carbonyl (C=O) groups is 2. The minimum Gasteiger partial charge on any atom is -0.449 e. The van der Waals surface area contributed by atoms with E-state index in [1.54, 1.807) is 31.2 Å². The molecule has 0 aliphatic rings. The Bertz CT molecular complexity index is 847. The molecule has 0 spiro atoms. The summed E-state index contributed by atoms with van der Waals surface area (Å²) >= 11 is 0. The molecule has 2 amide bonds. The first-order chi connectivity index (χ1) is 10.1. The van der Waals surface area contributed by atoms with Gasteiger partial charge in [0.1, 0.15) is 22.6 Å². The van der Waals surface area contributed by atoms with Gasteiger partial charge in [0, 0.05) is 5.39 Å². The van der Waals surface area contributed by atoms with Crippen LogP contribution in [0.2, 0.25) is 0 Å². The minimum atomic E-state index is -0.761. The number of nitrogens with one attached hydrogen (secondary N) is 1. The Morgan fingerprint density at radius 2 is 2.05 bits per heavy atom. The molecule has 0 aliphatic carbocycles. The second-order valence-electron chi connectivity index (χ2n) is 4.42. The van der Waals surface area contributed by atoms with Crippen LogP contribution in [0.15, 0.2) is 39.4 Å². The van der Waals surface area contributed by atoms with Crippen molar-refractivity contribution in [3.63, 3.8) is 0 Å². The monoisotopic (exact) mass is 285 g/mol. The molecule has 3 aromatic rings. The van der Waals surface area contributed by atoms with Crippen LogP contribution in [0, 0.1) is 6.92 Å². The average Bonchev–Trinajstić information content (AvgIpc) is 3.03. The summed E-state index contributed by atoms with van der Waals surface area (Å²) in [6, 6.07) is 6.93. The van der Waals surface area contributed by atoms with E-state index in [4.69, 9.17) is 14.7 Å². The molecule has 0 radical (unpaired) electrons.